The van der Waals surface area contributed by atoms with Crippen LogP contribution < -0.4 is 16.6 Å². The number of aromatic nitrogens is 2. The average Bonchev–Trinajstić information content (AvgIpc) is 2.33. The summed E-state index contributed by atoms with van der Waals surface area (Å²) in [6.45, 7) is 0. The van der Waals surface area contributed by atoms with Crippen molar-refractivity contribution in [3.05, 3.63) is 32.6 Å². The molecule has 0 fully saturated rings. The van der Waals surface area contributed by atoms with E-state index in [4.69, 9.17) is 10.2 Å². The number of carboxylic acids is 2. The van der Waals surface area contributed by atoms with Crippen molar-refractivity contribution in [2.75, 3.05) is 0 Å². The molecule has 0 saturated heterocycles. The van der Waals surface area contributed by atoms with Gasteiger partial charge in [-0.2, -0.15) is 0 Å². The largest absolute Gasteiger partial charge is 0.481 e. The zero-order valence-electron chi connectivity index (χ0n) is 10.0. The van der Waals surface area contributed by atoms with Gasteiger partial charge in [-0.15, -0.1) is 0 Å². The van der Waals surface area contributed by atoms with Crippen LogP contribution in [0.2, 0.25) is 0 Å². The molecule has 0 unspecified atom stereocenters. The minimum atomic E-state index is -1.45. The normalized spacial score (nSPS) is 11.6. The third-order valence-electron chi connectivity index (χ3n) is 2.31. The first-order valence-corrected chi connectivity index (χ1v) is 5.38. The van der Waals surface area contributed by atoms with E-state index in [1.54, 1.807) is 4.98 Å². The third-order valence-corrected chi connectivity index (χ3v) is 2.31. The zero-order chi connectivity index (χ0) is 15.3. The van der Waals surface area contributed by atoms with Crippen molar-refractivity contribution >= 4 is 17.8 Å². The lowest BCUT2D eigenvalue weighted by atomic mass is 10.1. The molecule has 0 radical (unpaired) electrons. The molecule has 0 aromatic carbocycles. The number of carboxylic acid groups (broad SMARTS) is 2. The third kappa shape index (κ3) is 4.08. The number of amides is 1. The molecule has 0 spiro atoms. The van der Waals surface area contributed by atoms with Crippen LogP contribution in [0.4, 0.5) is 0 Å². The average molecular weight is 285 g/mol. The topological polar surface area (TPSA) is 169 Å². The van der Waals surface area contributed by atoms with Crippen LogP contribution >= 0.6 is 0 Å². The van der Waals surface area contributed by atoms with Crippen molar-refractivity contribution in [2.24, 2.45) is 0 Å². The van der Waals surface area contributed by atoms with Crippen molar-refractivity contribution < 1.29 is 24.6 Å². The smallest absolute Gasteiger partial charge is 0.326 e. The fourth-order valence-corrected chi connectivity index (χ4v) is 1.34. The van der Waals surface area contributed by atoms with E-state index in [2.05, 4.69) is 4.98 Å². The number of carbonyl (C=O) groups excluding carboxylic acids is 1. The highest BCUT2D eigenvalue weighted by Crippen LogP contribution is 1.99. The Labute approximate surface area is 110 Å². The van der Waals surface area contributed by atoms with Crippen LogP contribution in [0.25, 0.3) is 0 Å². The lowest BCUT2D eigenvalue weighted by Crippen LogP contribution is -2.43. The Morgan fingerprint density at radius 1 is 1.25 bits per heavy atom. The molecular formula is C10H11N3O7. The molecule has 1 aromatic heterocycles. The zero-order valence-corrected chi connectivity index (χ0v) is 10.0. The van der Waals surface area contributed by atoms with Crippen LogP contribution in [0.1, 0.15) is 23.2 Å². The number of nitrogens with one attached hydrogen (secondary N) is 3. The molecule has 10 heteroatoms. The Balaban J connectivity index is 2.85. The lowest BCUT2D eigenvalue weighted by Gasteiger charge is -2.12. The Bertz CT molecular complexity index is 645. The highest BCUT2D eigenvalue weighted by molar-refractivity contribution is 5.96. The number of hydrogen-bond donors (Lipinski definition) is 5. The van der Waals surface area contributed by atoms with Gasteiger partial charge in [-0.1, -0.05) is 0 Å². The summed E-state index contributed by atoms with van der Waals surface area (Å²) in [5.74, 6) is -3.67. The summed E-state index contributed by atoms with van der Waals surface area (Å²) in [5, 5.41) is 19.3. The second-order valence-electron chi connectivity index (χ2n) is 3.78. The minimum Gasteiger partial charge on any atom is -0.481 e. The first-order chi connectivity index (χ1) is 9.31. The molecule has 0 aliphatic carbocycles. The summed E-state index contributed by atoms with van der Waals surface area (Å²) in [5.41, 5.74) is -2.27. The summed E-state index contributed by atoms with van der Waals surface area (Å²) in [4.78, 5) is 58.9. The van der Waals surface area contributed by atoms with E-state index in [-0.39, 0.29) is 6.42 Å². The number of H-pyrrole nitrogens is 2. The standard InChI is InChI=1S/C10H11N3O7/c14-6(15)2-1-5(9(18)19)12-7(16)4-3-11-10(20)13-8(4)17/h3,5H,1-2H2,(H,12,16)(H,14,15)(H,18,19)(H2,11,13,17,20)/t5-/m0/s1. The number of carbonyl (C=O) groups is 3. The highest BCUT2D eigenvalue weighted by atomic mass is 16.4. The van der Waals surface area contributed by atoms with Gasteiger partial charge in [0.2, 0.25) is 0 Å². The summed E-state index contributed by atoms with van der Waals surface area (Å²) >= 11 is 0. The quantitative estimate of drug-likeness (QED) is 0.406. The molecule has 0 saturated carbocycles. The number of hydrogen-bond acceptors (Lipinski definition) is 5. The Morgan fingerprint density at radius 3 is 2.40 bits per heavy atom. The van der Waals surface area contributed by atoms with Crippen LogP contribution in [-0.2, 0) is 9.59 Å². The van der Waals surface area contributed by atoms with Crippen LogP contribution in [-0.4, -0.2) is 44.1 Å². The minimum absolute atomic E-state index is 0.336. The SMILES string of the molecule is O=C(O)CC[C@H](NC(=O)c1c[nH]c(=O)[nH]c1=O)C(=O)O. The molecule has 0 aliphatic rings. The van der Waals surface area contributed by atoms with Gasteiger partial charge < -0.3 is 20.5 Å². The highest BCUT2D eigenvalue weighted by Gasteiger charge is 2.22. The van der Waals surface area contributed by atoms with Gasteiger partial charge in [0.15, 0.2) is 0 Å². The van der Waals surface area contributed by atoms with Gasteiger partial charge in [0.1, 0.15) is 11.6 Å². The number of aromatic amines is 2. The molecule has 1 aromatic rings. The molecule has 10 nitrogen and oxygen atoms in total. The van der Waals surface area contributed by atoms with Gasteiger partial charge in [-0.3, -0.25) is 19.4 Å². The molecule has 20 heavy (non-hydrogen) atoms. The second-order valence-corrected chi connectivity index (χ2v) is 3.78. The van der Waals surface area contributed by atoms with Gasteiger partial charge in [0.25, 0.3) is 11.5 Å². The predicted octanol–water partition coefficient (Wildman–Crippen LogP) is -1.89. The first-order valence-electron chi connectivity index (χ1n) is 5.38. The number of aliphatic carboxylic acids is 2. The molecule has 0 aliphatic heterocycles. The summed E-state index contributed by atoms with van der Waals surface area (Å²) in [6.07, 6.45) is 0.0451. The Morgan fingerprint density at radius 2 is 1.90 bits per heavy atom. The first kappa shape index (κ1) is 15.1. The van der Waals surface area contributed by atoms with E-state index in [0.717, 1.165) is 6.20 Å². The maximum Gasteiger partial charge on any atom is 0.326 e. The van der Waals surface area contributed by atoms with Crippen LogP contribution in [0.5, 0.6) is 0 Å². The Hall–Kier alpha value is -2.91. The fourth-order valence-electron chi connectivity index (χ4n) is 1.34. The van der Waals surface area contributed by atoms with E-state index >= 15 is 0 Å². The van der Waals surface area contributed by atoms with Crippen molar-refractivity contribution in [3.8, 4) is 0 Å². The molecule has 1 atom stereocenters. The molecule has 1 amide bonds. The summed E-state index contributed by atoms with van der Waals surface area (Å²) in [6, 6.07) is -1.45. The summed E-state index contributed by atoms with van der Waals surface area (Å²) < 4.78 is 0. The maximum absolute atomic E-state index is 11.7. The Kier molecular flexibility index (Phi) is 4.78. The van der Waals surface area contributed by atoms with Crippen molar-refractivity contribution in [3.63, 3.8) is 0 Å². The molecule has 1 heterocycles. The monoisotopic (exact) mass is 285 g/mol. The van der Waals surface area contributed by atoms with E-state index in [1.807, 2.05) is 5.32 Å². The van der Waals surface area contributed by atoms with Gasteiger partial charge in [0.05, 0.1) is 0 Å². The van der Waals surface area contributed by atoms with Crippen LogP contribution in [0.3, 0.4) is 0 Å². The van der Waals surface area contributed by atoms with Crippen LogP contribution in [0, 0.1) is 0 Å². The van der Waals surface area contributed by atoms with E-state index in [1.165, 1.54) is 0 Å². The van der Waals surface area contributed by atoms with E-state index in [0.29, 0.717) is 0 Å². The molecule has 1 rings (SSSR count). The van der Waals surface area contributed by atoms with Gasteiger partial charge in [-0.05, 0) is 6.42 Å². The van der Waals surface area contributed by atoms with Gasteiger partial charge >= 0.3 is 17.6 Å². The number of rotatable bonds is 6. The second kappa shape index (κ2) is 6.31. The van der Waals surface area contributed by atoms with E-state index in [9.17, 15) is 24.0 Å². The molecular weight excluding hydrogens is 274 g/mol. The van der Waals surface area contributed by atoms with Crippen molar-refractivity contribution in [2.45, 2.75) is 18.9 Å². The van der Waals surface area contributed by atoms with Crippen LogP contribution in [0.15, 0.2) is 15.8 Å². The van der Waals surface area contributed by atoms with Gasteiger partial charge in [0, 0.05) is 12.6 Å². The van der Waals surface area contributed by atoms with Crippen molar-refractivity contribution in [1.82, 2.24) is 15.3 Å². The fraction of sp³-hybridized carbons (Fsp3) is 0.300. The van der Waals surface area contributed by atoms with Gasteiger partial charge in [-0.25, -0.2) is 9.59 Å². The molecule has 108 valence electrons. The lowest BCUT2D eigenvalue weighted by molar-refractivity contribution is -0.140. The van der Waals surface area contributed by atoms with E-state index < -0.39 is 47.1 Å². The maximum atomic E-state index is 11.7. The van der Waals surface area contributed by atoms with Crippen molar-refractivity contribution in [1.29, 1.82) is 0 Å². The molecule has 5 N–H and O–H groups in total. The predicted molar refractivity (Wildman–Crippen MR) is 63.4 cm³/mol. The summed E-state index contributed by atoms with van der Waals surface area (Å²) in [7, 11) is 0. The molecule has 0 bridgehead atoms.